The van der Waals surface area contributed by atoms with Gasteiger partial charge in [-0.2, -0.15) is 0 Å². The van der Waals surface area contributed by atoms with Crippen LogP contribution >= 0.6 is 0 Å². The number of likely N-dealkylation sites (tertiary alicyclic amines) is 1. The second-order valence-corrected chi connectivity index (χ2v) is 7.40. The van der Waals surface area contributed by atoms with E-state index in [0.717, 1.165) is 25.8 Å². The highest BCUT2D eigenvalue weighted by Gasteiger charge is 2.49. The molecule has 0 radical (unpaired) electrons. The van der Waals surface area contributed by atoms with Crippen molar-refractivity contribution >= 4 is 11.7 Å². The number of imidazole rings is 1. The molecule has 0 spiro atoms. The fourth-order valence-electron chi connectivity index (χ4n) is 4.40. The maximum Gasteiger partial charge on any atom is 0.289 e. The number of fused-ring (bicyclic) bond motifs is 1. The summed E-state index contributed by atoms with van der Waals surface area (Å²) < 4.78 is 14.2. The molecule has 7 nitrogen and oxygen atoms in total. The lowest BCUT2D eigenvalue weighted by Crippen LogP contribution is -2.40. The molecule has 8 heteroatoms. The van der Waals surface area contributed by atoms with Crippen LogP contribution in [0.2, 0.25) is 0 Å². The Hall–Kier alpha value is -2.51. The van der Waals surface area contributed by atoms with Gasteiger partial charge in [0.2, 0.25) is 0 Å². The lowest BCUT2D eigenvalue weighted by molar-refractivity contribution is 0.0761. The molecule has 2 fully saturated rings. The number of nitrogens with zero attached hydrogens (tertiary/aromatic N) is 4. The topological polar surface area (TPSA) is 86.8 Å². The van der Waals surface area contributed by atoms with E-state index in [2.05, 4.69) is 25.3 Å². The summed E-state index contributed by atoms with van der Waals surface area (Å²) in [4.78, 5) is 29.5. The van der Waals surface area contributed by atoms with E-state index in [1.165, 1.54) is 12.7 Å². The van der Waals surface area contributed by atoms with Gasteiger partial charge in [-0.1, -0.05) is 12.8 Å². The third-order valence-electron chi connectivity index (χ3n) is 5.85. The van der Waals surface area contributed by atoms with Gasteiger partial charge in [0.15, 0.2) is 17.5 Å². The highest BCUT2D eigenvalue weighted by atomic mass is 19.1. The molecule has 0 bridgehead atoms. The predicted molar refractivity (Wildman–Crippen MR) is 94.1 cm³/mol. The van der Waals surface area contributed by atoms with Crippen LogP contribution in [-0.2, 0) is 0 Å². The number of halogens is 1. The van der Waals surface area contributed by atoms with Gasteiger partial charge in [-0.25, -0.2) is 19.3 Å². The first-order chi connectivity index (χ1) is 12.6. The first-order valence-corrected chi connectivity index (χ1v) is 9.09. The monoisotopic (exact) mass is 358 g/mol. The highest BCUT2D eigenvalue weighted by Crippen LogP contribution is 2.47. The number of rotatable bonds is 4. The molecule has 3 heterocycles. The second-order valence-electron chi connectivity index (χ2n) is 7.40. The maximum atomic E-state index is 14.2. The molecular weight excluding hydrogens is 335 g/mol. The van der Waals surface area contributed by atoms with Gasteiger partial charge in [0, 0.05) is 37.4 Å². The number of aryl methyl sites for hydroxylation is 1. The summed E-state index contributed by atoms with van der Waals surface area (Å²) in [6, 6.07) is 0. The Balaban J connectivity index is 1.52. The number of aromatic amines is 1. The highest BCUT2D eigenvalue weighted by molar-refractivity contribution is 5.90. The van der Waals surface area contributed by atoms with Crippen LogP contribution in [0, 0.1) is 24.1 Å². The zero-order chi connectivity index (χ0) is 18.1. The van der Waals surface area contributed by atoms with Crippen molar-refractivity contribution in [2.45, 2.75) is 32.6 Å². The molecule has 0 aromatic carbocycles. The summed E-state index contributed by atoms with van der Waals surface area (Å²) in [6.07, 6.45) is 9.05. The number of amides is 1. The summed E-state index contributed by atoms with van der Waals surface area (Å²) in [5.74, 6) is 0.565. The van der Waals surface area contributed by atoms with Crippen molar-refractivity contribution in [1.29, 1.82) is 0 Å². The molecule has 2 atom stereocenters. The molecule has 2 aromatic heterocycles. The average molecular weight is 358 g/mol. The number of nitrogens with one attached hydrogen (secondary N) is 2. The Morgan fingerprint density at radius 1 is 1.42 bits per heavy atom. The van der Waals surface area contributed by atoms with E-state index in [-0.39, 0.29) is 17.1 Å². The summed E-state index contributed by atoms with van der Waals surface area (Å²) in [5.41, 5.74) is 0.285. The molecule has 1 amide bonds. The van der Waals surface area contributed by atoms with E-state index < -0.39 is 5.82 Å². The lowest BCUT2D eigenvalue weighted by atomic mass is 9.68. The molecule has 26 heavy (non-hydrogen) atoms. The molecule has 2 aliphatic rings. The van der Waals surface area contributed by atoms with Crippen LogP contribution in [0.3, 0.4) is 0 Å². The van der Waals surface area contributed by atoms with Crippen LogP contribution < -0.4 is 5.32 Å². The number of carbonyl (C=O) groups is 1. The van der Waals surface area contributed by atoms with Gasteiger partial charge in [0.05, 0.1) is 5.69 Å². The normalized spacial score (nSPS) is 25.2. The van der Waals surface area contributed by atoms with E-state index in [4.69, 9.17) is 0 Å². The van der Waals surface area contributed by atoms with Crippen molar-refractivity contribution in [3.05, 3.63) is 36.1 Å². The van der Waals surface area contributed by atoms with Crippen LogP contribution in [0.1, 0.15) is 42.0 Å². The van der Waals surface area contributed by atoms with Gasteiger partial charge in [0.25, 0.3) is 5.91 Å². The predicted octanol–water partition coefficient (Wildman–Crippen LogP) is 2.39. The standard InChI is InChI=1S/C18H23FN6O/c1-12-14(19)15(24-11-23-12)22-9-18-5-3-2-4-13(18)8-25(10-18)17(26)16-20-6-7-21-16/h6-7,11,13H,2-5,8-10H2,1H3,(H,20,21)(H,22,23,24). The molecule has 2 N–H and O–H groups in total. The molecule has 2 aromatic rings. The Kier molecular flexibility index (Phi) is 4.34. The largest absolute Gasteiger partial charge is 0.367 e. The average Bonchev–Trinajstić information content (AvgIpc) is 3.30. The van der Waals surface area contributed by atoms with Crippen molar-refractivity contribution in [3.8, 4) is 0 Å². The molecule has 2 unspecified atom stereocenters. The van der Waals surface area contributed by atoms with Gasteiger partial charge in [0.1, 0.15) is 6.33 Å². The summed E-state index contributed by atoms with van der Waals surface area (Å²) >= 11 is 0. The number of anilines is 1. The van der Waals surface area contributed by atoms with Crippen LogP contribution in [0.5, 0.6) is 0 Å². The molecule has 1 aliphatic heterocycles. The van der Waals surface area contributed by atoms with E-state index >= 15 is 0 Å². The van der Waals surface area contributed by atoms with E-state index in [0.29, 0.717) is 30.5 Å². The van der Waals surface area contributed by atoms with Crippen LogP contribution in [0.4, 0.5) is 10.2 Å². The number of carbonyl (C=O) groups excluding carboxylic acids is 1. The van der Waals surface area contributed by atoms with Crippen molar-refractivity contribution in [2.24, 2.45) is 11.3 Å². The third kappa shape index (κ3) is 2.93. The minimum Gasteiger partial charge on any atom is -0.367 e. The SMILES string of the molecule is Cc1ncnc(NCC23CCCCC2CN(C(=O)c2ncc[nH]2)C3)c1F. The Bertz CT molecular complexity index is 795. The third-order valence-corrected chi connectivity index (χ3v) is 5.85. The van der Waals surface area contributed by atoms with E-state index in [9.17, 15) is 9.18 Å². The number of hydrogen-bond donors (Lipinski definition) is 2. The summed E-state index contributed by atoms with van der Waals surface area (Å²) in [7, 11) is 0. The van der Waals surface area contributed by atoms with Crippen molar-refractivity contribution in [1.82, 2.24) is 24.8 Å². The Labute approximate surface area is 151 Å². The molecule has 1 saturated carbocycles. The van der Waals surface area contributed by atoms with E-state index in [1.807, 2.05) is 4.90 Å². The van der Waals surface area contributed by atoms with Gasteiger partial charge < -0.3 is 15.2 Å². The number of aromatic nitrogens is 4. The van der Waals surface area contributed by atoms with Crippen molar-refractivity contribution in [3.63, 3.8) is 0 Å². The van der Waals surface area contributed by atoms with Crippen molar-refractivity contribution < 1.29 is 9.18 Å². The first kappa shape index (κ1) is 16.9. The smallest absolute Gasteiger partial charge is 0.289 e. The molecular formula is C18H23FN6O. The van der Waals surface area contributed by atoms with Gasteiger partial charge >= 0.3 is 0 Å². The maximum absolute atomic E-state index is 14.2. The van der Waals surface area contributed by atoms with Crippen molar-refractivity contribution in [2.75, 3.05) is 25.0 Å². The molecule has 4 rings (SSSR count). The van der Waals surface area contributed by atoms with Gasteiger partial charge in [-0.15, -0.1) is 0 Å². The number of hydrogen-bond acceptors (Lipinski definition) is 5. The van der Waals surface area contributed by atoms with Gasteiger partial charge in [-0.3, -0.25) is 4.79 Å². The first-order valence-electron chi connectivity index (χ1n) is 9.09. The molecule has 1 aliphatic carbocycles. The zero-order valence-corrected chi connectivity index (χ0v) is 14.8. The molecule has 138 valence electrons. The Morgan fingerprint density at radius 3 is 3.12 bits per heavy atom. The summed E-state index contributed by atoms with van der Waals surface area (Å²) in [6.45, 7) is 3.62. The minimum absolute atomic E-state index is 0.0498. The quantitative estimate of drug-likeness (QED) is 0.876. The Morgan fingerprint density at radius 2 is 2.31 bits per heavy atom. The zero-order valence-electron chi connectivity index (χ0n) is 14.8. The van der Waals surface area contributed by atoms with E-state index in [1.54, 1.807) is 19.3 Å². The second kappa shape index (κ2) is 6.66. The fourth-order valence-corrected chi connectivity index (χ4v) is 4.40. The van der Waals surface area contributed by atoms with Gasteiger partial charge in [-0.05, 0) is 25.7 Å². The lowest BCUT2D eigenvalue weighted by Gasteiger charge is -2.38. The van der Waals surface area contributed by atoms with Crippen LogP contribution in [0.25, 0.3) is 0 Å². The van der Waals surface area contributed by atoms with Crippen LogP contribution in [0.15, 0.2) is 18.7 Å². The number of H-pyrrole nitrogens is 1. The van der Waals surface area contributed by atoms with Crippen LogP contribution in [-0.4, -0.2) is 50.4 Å². The molecule has 1 saturated heterocycles. The summed E-state index contributed by atoms with van der Waals surface area (Å²) in [5, 5.41) is 3.19. The minimum atomic E-state index is -0.405. The fraction of sp³-hybridized carbons (Fsp3) is 0.556.